The number of imide groups is 1. The maximum Gasteiger partial charge on any atom is 0.268 e. The second-order valence-corrected chi connectivity index (χ2v) is 6.08. The predicted molar refractivity (Wildman–Crippen MR) is 113 cm³/mol. The van der Waals surface area contributed by atoms with Crippen LogP contribution in [-0.2, 0) is 14.4 Å². The van der Waals surface area contributed by atoms with Crippen LogP contribution in [0.2, 0.25) is 0 Å². The van der Waals surface area contributed by atoms with Crippen molar-refractivity contribution >= 4 is 41.5 Å². The number of hydrogen-bond donors (Lipinski definition) is 3. The van der Waals surface area contributed by atoms with Gasteiger partial charge in [-0.2, -0.15) is 5.26 Å². The van der Waals surface area contributed by atoms with E-state index in [0.717, 1.165) is 16.7 Å². The molecule has 1 rings (SSSR count). The van der Waals surface area contributed by atoms with E-state index in [4.69, 9.17) is 10.4 Å². The third-order valence-corrected chi connectivity index (χ3v) is 3.75. The number of hydrogen-bond acceptors (Lipinski definition) is 8. The number of aliphatic hydroxyl groups excluding tert-OH is 1. The number of rotatable bonds is 9. The summed E-state index contributed by atoms with van der Waals surface area (Å²) in [5.41, 5.74) is 0.597. The summed E-state index contributed by atoms with van der Waals surface area (Å²) in [5, 5.41) is 23.2. The number of nitriles is 1. The van der Waals surface area contributed by atoms with Gasteiger partial charge in [-0.15, -0.1) is 0 Å². The molecule has 0 aliphatic heterocycles. The van der Waals surface area contributed by atoms with E-state index in [1.54, 1.807) is 37.5 Å². The molecule has 1 aromatic heterocycles. The Balaban J connectivity index is 0.00000245. The molecule has 0 aliphatic rings. The molecule has 0 fully saturated rings. The zero-order valence-electron chi connectivity index (χ0n) is 16.6. The molecular formula is C19H25N5O4S. The predicted octanol–water partition coefficient (Wildman–Crippen LogP) is 2.46. The molecule has 0 bridgehead atoms. The first-order chi connectivity index (χ1) is 13.9. The molecule has 0 spiro atoms. The summed E-state index contributed by atoms with van der Waals surface area (Å²) >= 11 is 1.10. The van der Waals surface area contributed by atoms with Crippen LogP contribution in [0.15, 0.2) is 40.9 Å². The molecule has 0 aliphatic carbocycles. The van der Waals surface area contributed by atoms with Gasteiger partial charge in [0.1, 0.15) is 5.82 Å². The summed E-state index contributed by atoms with van der Waals surface area (Å²) in [6.07, 6.45) is 5.27. The third-order valence-electron chi connectivity index (χ3n) is 2.88. The molecule has 3 N–H and O–H groups in total. The molecule has 0 unspecified atom stereocenters. The van der Waals surface area contributed by atoms with Gasteiger partial charge in [-0.1, -0.05) is 17.8 Å². The lowest BCUT2D eigenvalue weighted by Gasteiger charge is -2.14. The van der Waals surface area contributed by atoms with Crippen LogP contribution in [0.5, 0.6) is 0 Å². The number of pyridine rings is 1. The van der Waals surface area contributed by atoms with E-state index in [2.05, 4.69) is 15.6 Å². The summed E-state index contributed by atoms with van der Waals surface area (Å²) in [4.78, 5) is 39.7. The Morgan fingerprint density at radius 1 is 1.38 bits per heavy atom. The summed E-state index contributed by atoms with van der Waals surface area (Å²) in [6.45, 7) is 5.26. The highest BCUT2D eigenvalue weighted by Gasteiger charge is 2.16. The smallest absolute Gasteiger partial charge is 0.268 e. The van der Waals surface area contributed by atoms with Crippen molar-refractivity contribution in [2.24, 2.45) is 0 Å². The minimum atomic E-state index is -0.454. The zero-order valence-corrected chi connectivity index (χ0v) is 17.4. The molecule has 0 saturated carbocycles. The van der Waals surface area contributed by atoms with Gasteiger partial charge < -0.3 is 15.7 Å². The van der Waals surface area contributed by atoms with Gasteiger partial charge >= 0.3 is 0 Å². The van der Waals surface area contributed by atoms with Crippen LogP contribution in [0.1, 0.15) is 27.2 Å². The molecular weight excluding hydrogens is 394 g/mol. The van der Waals surface area contributed by atoms with Crippen molar-refractivity contribution in [3.8, 4) is 6.07 Å². The number of amides is 3. The van der Waals surface area contributed by atoms with Gasteiger partial charge in [0.05, 0.1) is 29.3 Å². The Hall–Kier alpha value is -3.16. The van der Waals surface area contributed by atoms with E-state index in [9.17, 15) is 14.4 Å². The number of nitrogens with one attached hydrogen (secondary N) is 2. The van der Waals surface area contributed by atoms with Crippen LogP contribution < -0.4 is 10.6 Å². The SMILES string of the molecule is CCN(C=O)C(=O)/C(=C\Nc1ccc(NC(C)=O)nc1)SC=CCC#N.CCO. The highest BCUT2D eigenvalue weighted by atomic mass is 32.2. The van der Waals surface area contributed by atoms with Gasteiger partial charge in [0.2, 0.25) is 12.3 Å². The maximum absolute atomic E-state index is 12.4. The van der Waals surface area contributed by atoms with Crippen molar-refractivity contribution in [1.29, 1.82) is 5.26 Å². The minimum Gasteiger partial charge on any atom is -0.397 e. The van der Waals surface area contributed by atoms with E-state index in [0.29, 0.717) is 17.9 Å². The molecule has 3 amide bonds. The first-order valence-electron chi connectivity index (χ1n) is 8.69. The fourth-order valence-electron chi connectivity index (χ4n) is 1.66. The Labute approximate surface area is 174 Å². The Kier molecular flexibility index (Phi) is 14.1. The molecule has 10 heteroatoms. The van der Waals surface area contributed by atoms with Crippen LogP contribution >= 0.6 is 11.8 Å². The lowest BCUT2D eigenvalue weighted by Crippen LogP contribution is -2.30. The van der Waals surface area contributed by atoms with Crippen molar-refractivity contribution in [2.75, 3.05) is 23.8 Å². The number of aromatic nitrogens is 1. The molecule has 0 atom stereocenters. The number of thioether (sulfide) groups is 1. The van der Waals surface area contributed by atoms with Gasteiger partial charge in [-0.3, -0.25) is 19.3 Å². The van der Waals surface area contributed by atoms with Crippen molar-refractivity contribution in [3.05, 3.63) is 40.9 Å². The molecule has 0 radical (unpaired) electrons. The number of aliphatic hydroxyl groups is 1. The summed E-state index contributed by atoms with van der Waals surface area (Å²) < 4.78 is 0. The van der Waals surface area contributed by atoms with Gasteiger partial charge in [-0.25, -0.2) is 4.98 Å². The minimum absolute atomic E-state index is 0.222. The van der Waals surface area contributed by atoms with Gasteiger partial charge in [0, 0.05) is 26.3 Å². The van der Waals surface area contributed by atoms with Gasteiger partial charge in [0.25, 0.3) is 5.91 Å². The number of allylic oxidation sites excluding steroid dienone is 1. The number of anilines is 2. The number of carbonyl (C=O) groups excluding carboxylic acids is 3. The average Bonchev–Trinajstić information content (AvgIpc) is 2.69. The molecule has 9 nitrogen and oxygen atoms in total. The first-order valence-corrected chi connectivity index (χ1v) is 9.57. The van der Waals surface area contributed by atoms with Crippen LogP contribution in [0.4, 0.5) is 11.5 Å². The van der Waals surface area contributed by atoms with Crippen molar-refractivity contribution in [2.45, 2.75) is 27.2 Å². The lowest BCUT2D eigenvalue weighted by molar-refractivity contribution is -0.134. The molecule has 1 aromatic rings. The van der Waals surface area contributed by atoms with Crippen LogP contribution in [0, 0.1) is 11.3 Å². The van der Waals surface area contributed by atoms with E-state index >= 15 is 0 Å². The number of likely N-dealkylation sites (N-methyl/N-ethyl adjacent to an activating group) is 1. The van der Waals surface area contributed by atoms with Crippen molar-refractivity contribution in [1.82, 2.24) is 9.88 Å². The average molecular weight is 420 g/mol. The summed E-state index contributed by atoms with van der Waals surface area (Å²) in [6, 6.07) is 5.27. The van der Waals surface area contributed by atoms with Gasteiger partial charge in [-0.05, 0) is 31.4 Å². The van der Waals surface area contributed by atoms with Crippen LogP contribution in [0.3, 0.4) is 0 Å². The maximum atomic E-state index is 12.4. The van der Waals surface area contributed by atoms with Crippen LogP contribution in [-0.4, -0.2) is 46.4 Å². The molecule has 1 heterocycles. The zero-order chi connectivity index (χ0) is 22.1. The van der Waals surface area contributed by atoms with E-state index < -0.39 is 5.91 Å². The number of nitrogens with zero attached hydrogens (tertiary/aromatic N) is 3. The fraction of sp³-hybridized carbons (Fsp3) is 0.316. The quantitative estimate of drug-likeness (QED) is 0.410. The molecule has 0 saturated heterocycles. The van der Waals surface area contributed by atoms with Crippen LogP contribution in [0.25, 0.3) is 0 Å². The highest BCUT2D eigenvalue weighted by molar-refractivity contribution is 8.06. The third kappa shape index (κ3) is 11.3. The van der Waals surface area contributed by atoms with Crippen molar-refractivity contribution < 1.29 is 19.5 Å². The largest absolute Gasteiger partial charge is 0.397 e. The van der Waals surface area contributed by atoms with E-state index in [-0.39, 0.29) is 30.4 Å². The standard InChI is InChI=1S/C17H19N5O3S.C2H6O/c1-3-22(12-23)17(25)15(26-9-5-4-8-18)11-19-14-6-7-16(20-10-14)21-13(2)24;1-2-3/h5-7,9-12,19H,3-4H2,1-2H3,(H,20,21,24);3H,2H2,1H3/b9-5?,15-11+;. The Bertz CT molecular complexity index is 757. The molecule has 156 valence electrons. The lowest BCUT2D eigenvalue weighted by atomic mass is 10.4. The topological polar surface area (TPSA) is 135 Å². The Morgan fingerprint density at radius 2 is 2.07 bits per heavy atom. The highest BCUT2D eigenvalue weighted by Crippen LogP contribution is 2.20. The molecule has 0 aromatic carbocycles. The monoisotopic (exact) mass is 419 g/mol. The summed E-state index contributed by atoms with van der Waals surface area (Å²) in [5.74, 6) is -0.264. The molecule has 29 heavy (non-hydrogen) atoms. The fourth-order valence-corrected chi connectivity index (χ4v) is 2.34. The Morgan fingerprint density at radius 3 is 2.55 bits per heavy atom. The second kappa shape index (κ2) is 15.9. The van der Waals surface area contributed by atoms with Gasteiger partial charge in [0.15, 0.2) is 0 Å². The second-order valence-electron chi connectivity index (χ2n) is 5.13. The summed E-state index contributed by atoms with van der Waals surface area (Å²) in [7, 11) is 0. The van der Waals surface area contributed by atoms with Crippen molar-refractivity contribution in [3.63, 3.8) is 0 Å². The van der Waals surface area contributed by atoms with E-state index in [1.165, 1.54) is 19.3 Å². The normalized spacial score (nSPS) is 10.4. The first kappa shape index (κ1) is 25.8. The number of carbonyl (C=O) groups is 3. The van der Waals surface area contributed by atoms with E-state index in [1.807, 2.05) is 6.07 Å².